The van der Waals surface area contributed by atoms with Gasteiger partial charge in [-0.2, -0.15) is 0 Å². The van der Waals surface area contributed by atoms with Crippen LogP contribution in [0.3, 0.4) is 0 Å². The SMILES string of the molecule is C=CC(=O)N1CCC2(CC1)CNC(=O)c1c2[nH]c(-c2ccnc(N)c2)c1Nc1cccc(Cl)c1OC. The third kappa shape index (κ3) is 3.95. The van der Waals surface area contributed by atoms with Crippen molar-refractivity contribution in [2.45, 2.75) is 18.3 Å². The smallest absolute Gasteiger partial charge is 0.255 e. The van der Waals surface area contributed by atoms with E-state index in [1.54, 1.807) is 30.3 Å². The number of hydrogen-bond donors (Lipinski definition) is 4. The number of benzene rings is 1. The Morgan fingerprint density at radius 1 is 1.33 bits per heavy atom. The standard InChI is InChI=1S/C26H27ClN6O3/c1-3-19(34)33-11-8-26(9-12-33)14-30-25(35)20-22(31-17-6-4-5-16(27)23(17)36-2)21(32-24(20)26)15-7-10-29-18(28)13-15/h3-7,10,13,31-32H,1,8-9,11-12,14H2,2H3,(H2,28,29)(H,30,35). The Kier molecular flexibility index (Phi) is 6.09. The van der Waals surface area contributed by atoms with E-state index >= 15 is 0 Å². The summed E-state index contributed by atoms with van der Waals surface area (Å²) in [6.45, 7) is 5.23. The van der Waals surface area contributed by atoms with Gasteiger partial charge >= 0.3 is 0 Å². The van der Waals surface area contributed by atoms with Crippen molar-refractivity contribution in [3.05, 3.63) is 65.5 Å². The predicted molar refractivity (Wildman–Crippen MR) is 140 cm³/mol. The Morgan fingerprint density at radius 3 is 2.81 bits per heavy atom. The van der Waals surface area contributed by atoms with Gasteiger partial charge in [0.2, 0.25) is 5.91 Å². The molecule has 0 radical (unpaired) electrons. The number of pyridine rings is 1. The molecule has 9 nitrogen and oxygen atoms in total. The number of carbonyl (C=O) groups is 2. The van der Waals surface area contributed by atoms with E-state index in [2.05, 4.69) is 27.2 Å². The van der Waals surface area contributed by atoms with E-state index in [1.165, 1.54) is 6.08 Å². The molecule has 1 spiro atoms. The van der Waals surface area contributed by atoms with Crippen LogP contribution in [0.4, 0.5) is 17.2 Å². The molecule has 1 saturated heterocycles. The maximum atomic E-state index is 13.3. The third-order valence-electron chi connectivity index (χ3n) is 7.05. The van der Waals surface area contributed by atoms with E-state index in [-0.39, 0.29) is 17.2 Å². The van der Waals surface area contributed by atoms with Crippen molar-refractivity contribution in [2.75, 3.05) is 37.8 Å². The Morgan fingerprint density at radius 2 is 2.11 bits per heavy atom. The van der Waals surface area contributed by atoms with Crippen molar-refractivity contribution in [3.63, 3.8) is 0 Å². The fourth-order valence-electron chi connectivity index (χ4n) is 5.16. The highest BCUT2D eigenvalue weighted by molar-refractivity contribution is 6.32. The number of nitrogens with one attached hydrogen (secondary N) is 3. The number of para-hydroxylation sites is 1. The number of aromatic nitrogens is 2. The Bertz CT molecular complexity index is 1360. The second-order valence-electron chi connectivity index (χ2n) is 9.03. The summed E-state index contributed by atoms with van der Waals surface area (Å²) in [4.78, 5) is 35.0. The second-order valence-corrected chi connectivity index (χ2v) is 9.44. The Hall–Kier alpha value is -3.98. The van der Waals surface area contributed by atoms with Crippen molar-refractivity contribution in [2.24, 2.45) is 0 Å². The van der Waals surface area contributed by atoms with Crippen LogP contribution in [0, 0.1) is 0 Å². The molecule has 2 aliphatic rings. The summed E-state index contributed by atoms with van der Waals surface area (Å²) < 4.78 is 5.53. The van der Waals surface area contributed by atoms with E-state index < -0.39 is 0 Å². The van der Waals surface area contributed by atoms with Gasteiger partial charge in [0.15, 0.2) is 5.75 Å². The van der Waals surface area contributed by atoms with Crippen LogP contribution in [-0.2, 0) is 10.2 Å². The zero-order valence-electron chi connectivity index (χ0n) is 19.9. The molecule has 5 rings (SSSR count). The summed E-state index contributed by atoms with van der Waals surface area (Å²) in [6.07, 6.45) is 4.35. The monoisotopic (exact) mass is 506 g/mol. The number of anilines is 3. The van der Waals surface area contributed by atoms with Crippen molar-refractivity contribution >= 4 is 40.6 Å². The molecule has 186 valence electrons. The van der Waals surface area contributed by atoms with Gasteiger partial charge < -0.3 is 31.0 Å². The minimum absolute atomic E-state index is 0.0836. The van der Waals surface area contributed by atoms with Crippen LogP contribution >= 0.6 is 11.6 Å². The molecule has 2 aliphatic heterocycles. The number of nitrogen functional groups attached to an aromatic ring is 1. The summed E-state index contributed by atoms with van der Waals surface area (Å²) in [7, 11) is 1.55. The van der Waals surface area contributed by atoms with Crippen molar-refractivity contribution in [1.29, 1.82) is 0 Å². The molecule has 0 aliphatic carbocycles. The molecule has 2 amide bonds. The minimum atomic E-state index is -0.354. The van der Waals surface area contributed by atoms with Crippen molar-refractivity contribution in [1.82, 2.24) is 20.2 Å². The van der Waals surface area contributed by atoms with Gasteiger partial charge in [-0.15, -0.1) is 0 Å². The van der Waals surface area contributed by atoms with E-state index in [9.17, 15) is 9.59 Å². The third-order valence-corrected chi connectivity index (χ3v) is 7.35. The lowest BCUT2D eigenvalue weighted by molar-refractivity contribution is -0.127. The molecule has 2 aromatic heterocycles. The molecule has 4 heterocycles. The Labute approximate surface area is 213 Å². The first-order chi connectivity index (χ1) is 17.4. The molecule has 3 aromatic rings. The van der Waals surface area contributed by atoms with Crippen LogP contribution in [-0.4, -0.2) is 53.4 Å². The molecule has 0 unspecified atom stereocenters. The average molecular weight is 507 g/mol. The van der Waals surface area contributed by atoms with Crippen LogP contribution in [0.15, 0.2) is 49.2 Å². The molecule has 0 saturated carbocycles. The second kappa shape index (κ2) is 9.23. The first kappa shape index (κ1) is 23.7. The molecule has 1 aromatic carbocycles. The number of hydrogen-bond acceptors (Lipinski definition) is 6. The van der Waals surface area contributed by atoms with Gasteiger partial charge in [0.25, 0.3) is 5.91 Å². The number of H-pyrrole nitrogens is 1. The first-order valence-electron chi connectivity index (χ1n) is 11.6. The maximum absolute atomic E-state index is 13.3. The highest BCUT2D eigenvalue weighted by atomic mass is 35.5. The number of aromatic amines is 1. The molecular formula is C26H27ClN6O3. The highest BCUT2D eigenvalue weighted by Crippen LogP contribution is 2.47. The van der Waals surface area contributed by atoms with Gasteiger partial charge in [-0.25, -0.2) is 4.98 Å². The number of rotatable bonds is 5. The zero-order chi connectivity index (χ0) is 25.4. The number of likely N-dealkylation sites (tertiary alicyclic amines) is 1. The van der Waals surface area contributed by atoms with Crippen LogP contribution in [0.25, 0.3) is 11.3 Å². The lowest BCUT2D eigenvalue weighted by atomic mass is 9.72. The fraction of sp³-hybridized carbons (Fsp3) is 0.269. The summed E-state index contributed by atoms with van der Waals surface area (Å²) >= 11 is 6.37. The summed E-state index contributed by atoms with van der Waals surface area (Å²) in [5, 5.41) is 6.94. The maximum Gasteiger partial charge on any atom is 0.255 e. The number of halogens is 1. The van der Waals surface area contributed by atoms with Crippen LogP contribution < -0.4 is 21.1 Å². The lowest BCUT2D eigenvalue weighted by Gasteiger charge is -2.43. The number of piperidine rings is 1. The van der Waals surface area contributed by atoms with E-state index in [4.69, 9.17) is 22.1 Å². The van der Waals surface area contributed by atoms with Gasteiger partial charge in [-0.3, -0.25) is 9.59 Å². The quantitative estimate of drug-likeness (QED) is 0.389. The molecular weight excluding hydrogens is 480 g/mol. The topological polar surface area (TPSA) is 125 Å². The summed E-state index contributed by atoms with van der Waals surface area (Å²) in [5.74, 6) is 0.561. The van der Waals surface area contributed by atoms with E-state index in [0.29, 0.717) is 71.7 Å². The number of carbonyl (C=O) groups excluding carboxylic acids is 2. The van der Waals surface area contributed by atoms with Crippen LogP contribution in [0.2, 0.25) is 5.02 Å². The van der Waals surface area contributed by atoms with Gasteiger partial charge in [0.05, 0.1) is 34.8 Å². The van der Waals surface area contributed by atoms with E-state index in [0.717, 1.165) is 11.3 Å². The molecule has 5 N–H and O–H groups in total. The average Bonchev–Trinajstić information content (AvgIpc) is 3.27. The van der Waals surface area contributed by atoms with Crippen molar-refractivity contribution < 1.29 is 14.3 Å². The number of amides is 2. The number of nitrogens with two attached hydrogens (primary N) is 1. The number of methoxy groups -OCH3 is 1. The minimum Gasteiger partial charge on any atom is -0.493 e. The highest BCUT2D eigenvalue weighted by Gasteiger charge is 2.45. The van der Waals surface area contributed by atoms with Crippen LogP contribution in [0.5, 0.6) is 5.75 Å². The largest absolute Gasteiger partial charge is 0.493 e. The normalized spacial score (nSPS) is 16.3. The Balaban J connectivity index is 1.66. The van der Waals surface area contributed by atoms with Gasteiger partial charge in [-0.1, -0.05) is 24.2 Å². The number of fused-ring (bicyclic) bond motifs is 2. The number of nitrogens with zero attached hydrogens (tertiary/aromatic N) is 2. The van der Waals surface area contributed by atoms with Gasteiger partial charge in [-0.05, 0) is 43.2 Å². The van der Waals surface area contributed by atoms with Crippen LogP contribution in [0.1, 0.15) is 28.9 Å². The predicted octanol–water partition coefficient (Wildman–Crippen LogP) is 3.85. The molecule has 36 heavy (non-hydrogen) atoms. The first-order valence-corrected chi connectivity index (χ1v) is 12.0. The summed E-state index contributed by atoms with van der Waals surface area (Å²) in [6, 6.07) is 8.98. The van der Waals surface area contributed by atoms with Gasteiger partial charge in [0, 0.05) is 42.5 Å². The molecule has 0 atom stereocenters. The summed E-state index contributed by atoms with van der Waals surface area (Å²) in [5.41, 5.74) is 9.71. The lowest BCUT2D eigenvalue weighted by Crippen LogP contribution is -2.53. The number of ether oxygens (including phenoxy) is 1. The van der Waals surface area contributed by atoms with Crippen molar-refractivity contribution in [3.8, 4) is 17.0 Å². The zero-order valence-corrected chi connectivity index (χ0v) is 20.6. The van der Waals surface area contributed by atoms with E-state index in [1.807, 2.05) is 18.2 Å². The van der Waals surface area contributed by atoms with Gasteiger partial charge in [0.1, 0.15) is 5.82 Å². The molecule has 1 fully saturated rings. The fourth-order valence-corrected chi connectivity index (χ4v) is 5.41. The molecule has 0 bridgehead atoms. The molecule has 10 heteroatoms.